The Bertz CT molecular complexity index is 865. The van der Waals surface area contributed by atoms with Crippen LogP contribution in [-0.4, -0.2) is 24.6 Å². The number of carbonyl (C=O) groups is 2. The summed E-state index contributed by atoms with van der Waals surface area (Å²) in [5.41, 5.74) is 0.480. The second-order valence-corrected chi connectivity index (χ2v) is 6.22. The summed E-state index contributed by atoms with van der Waals surface area (Å²) in [6.45, 7) is 4.57. The highest BCUT2D eigenvalue weighted by Crippen LogP contribution is 2.34. The molecule has 2 rings (SSSR count). The molecule has 0 radical (unpaired) electrons. The predicted molar refractivity (Wildman–Crippen MR) is 97.0 cm³/mol. The van der Waals surface area contributed by atoms with Crippen LogP contribution in [0.5, 0.6) is 5.75 Å². The van der Waals surface area contributed by atoms with Gasteiger partial charge in [-0.15, -0.1) is 0 Å². The maximum Gasteiger partial charge on any atom is 0.418 e. The summed E-state index contributed by atoms with van der Waals surface area (Å²) < 4.78 is 49.2. The normalized spacial score (nSPS) is 12.2. The van der Waals surface area contributed by atoms with E-state index in [2.05, 4.69) is 5.32 Å². The molecule has 28 heavy (non-hydrogen) atoms. The summed E-state index contributed by atoms with van der Waals surface area (Å²) in [6.07, 6.45) is -5.92. The van der Waals surface area contributed by atoms with Crippen LogP contribution >= 0.6 is 0 Å². The molecule has 1 amide bonds. The number of benzene rings is 2. The number of esters is 1. The number of rotatable bonds is 6. The molecule has 0 aliphatic heterocycles. The molecule has 8 heteroatoms. The molecule has 0 spiro atoms. The number of hydrogen-bond acceptors (Lipinski definition) is 4. The summed E-state index contributed by atoms with van der Waals surface area (Å²) in [5.74, 6) is -1.19. The predicted octanol–water partition coefficient (Wildman–Crippen LogP) is 4.27. The van der Waals surface area contributed by atoms with Gasteiger partial charge in [-0.3, -0.25) is 4.79 Å². The third-order valence-electron chi connectivity index (χ3n) is 3.84. The van der Waals surface area contributed by atoms with Crippen LogP contribution in [0.25, 0.3) is 0 Å². The van der Waals surface area contributed by atoms with Crippen molar-refractivity contribution < 1.29 is 32.2 Å². The molecule has 0 fully saturated rings. The molecule has 0 aromatic heterocycles. The Labute approximate surface area is 160 Å². The minimum Gasteiger partial charge on any atom is -0.482 e. The highest BCUT2D eigenvalue weighted by molar-refractivity contribution is 5.95. The fourth-order valence-corrected chi connectivity index (χ4v) is 2.46. The standard InChI is InChI=1S/C20H20F3NO4/c1-12-8-9-17(13(2)10-12)27-11-18(25)28-14(3)19(26)24-16-7-5-4-6-15(16)20(21,22)23/h4-10,14H,11H2,1-3H3,(H,24,26)/t14-/m1/s1. The van der Waals surface area contributed by atoms with E-state index in [1.807, 2.05) is 26.0 Å². The van der Waals surface area contributed by atoms with Gasteiger partial charge in [-0.2, -0.15) is 13.2 Å². The van der Waals surface area contributed by atoms with Gasteiger partial charge in [-0.25, -0.2) is 4.79 Å². The molecule has 0 saturated carbocycles. The minimum absolute atomic E-state index is 0.408. The maximum atomic E-state index is 13.0. The average molecular weight is 395 g/mol. The van der Waals surface area contributed by atoms with Crippen molar-refractivity contribution in [2.75, 3.05) is 11.9 Å². The lowest BCUT2D eigenvalue weighted by molar-refractivity contribution is -0.155. The highest BCUT2D eigenvalue weighted by atomic mass is 19.4. The zero-order valence-corrected chi connectivity index (χ0v) is 15.6. The van der Waals surface area contributed by atoms with Crippen molar-refractivity contribution in [3.63, 3.8) is 0 Å². The highest BCUT2D eigenvalue weighted by Gasteiger charge is 2.34. The lowest BCUT2D eigenvalue weighted by Crippen LogP contribution is -2.32. The van der Waals surface area contributed by atoms with E-state index in [0.29, 0.717) is 5.75 Å². The van der Waals surface area contributed by atoms with E-state index in [4.69, 9.17) is 9.47 Å². The number of amides is 1. The first-order chi connectivity index (χ1) is 13.1. The van der Waals surface area contributed by atoms with Crippen LogP contribution < -0.4 is 10.1 Å². The van der Waals surface area contributed by atoms with Crippen LogP contribution in [0.2, 0.25) is 0 Å². The van der Waals surface area contributed by atoms with E-state index < -0.39 is 42.0 Å². The van der Waals surface area contributed by atoms with E-state index in [1.54, 1.807) is 6.07 Å². The number of carbonyl (C=O) groups excluding carboxylic acids is 2. The smallest absolute Gasteiger partial charge is 0.418 e. The molecule has 0 aliphatic carbocycles. The number of para-hydroxylation sites is 1. The van der Waals surface area contributed by atoms with Crippen molar-refractivity contribution in [3.8, 4) is 5.75 Å². The first-order valence-corrected chi connectivity index (χ1v) is 8.44. The molecule has 0 saturated heterocycles. The van der Waals surface area contributed by atoms with Crippen LogP contribution in [-0.2, 0) is 20.5 Å². The first kappa shape index (κ1) is 21.3. The summed E-state index contributed by atoms with van der Waals surface area (Å²) >= 11 is 0. The van der Waals surface area contributed by atoms with Crippen molar-refractivity contribution >= 4 is 17.6 Å². The quantitative estimate of drug-likeness (QED) is 0.742. The number of aryl methyl sites for hydroxylation is 2. The third kappa shape index (κ3) is 5.73. The van der Waals surface area contributed by atoms with E-state index in [9.17, 15) is 22.8 Å². The van der Waals surface area contributed by atoms with Crippen molar-refractivity contribution in [1.82, 2.24) is 0 Å². The van der Waals surface area contributed by atoms with Gasteiger partial charge < -0.3 is 14.8 Å². The second-order valence-electron chi connectivity index (χ2n) is 6.22. The number of hydrogen-bond donors (Lipinski definition) is 1. The number of ether oxygens (including phenoxy) is 2. The van der Waals surface area contributed by atoms with Crippen molar-refractivity contribution in [2.45, 2.75) is 33.1 Å². The molecular weight excluding hydrogens is 375 g/mol. The SMILES string of the molecule is Cc1ccc(OCC(=O)O[C@H](C)C(=O)Nc2ccccc2C(F)(F)F)c(C)c1. The van der Waals surface area contributed by atoms with E-state index >= 15 is 0 Å². The van der Waals surface area contributed by atoms with Gasteiger partial charge in [-0.1, -0.05) is 29.8 Å². The Morgan fingerprint density at radius 2 is 1.79 bits per heavy atom. The molecule has 5 nitrogen and oxygen atoms in total. The summed E-state index contributed by atoms with van der Waals surface area (Å²) in [6, 6.07) is 9.97. The van der Waals surface area contributed by atoms with Gasteiger partial charge in [0.25, 0.3) is 5.91 Å². The third-order valence-corrected chi connectivity index (χ3v) is 3.84. The molecule has 150 valence electrons. The minimum atomic E-state index is -4.62. The topological polar surface area (TPSA) is 64.6 Å². The van der Waals surface area contributed by atoms with E-state index in [-0.39, 0.29) is 0 Å². The number of anilines is 1. The molecule has 0 aliphatic rings. The van der Waals surface area contributed by atoms with Crippen LogP contribution in [0.4, 0.5) is 18.9 Å². The largest absolute Gasteiger partial charge is 0.482 e. The molecule has 0 heterocycles. The molecule has 0 bridgehead atoms. The van der Waals surface area contributed by atoms with Gasteiger partial charge in [-0.05, 0) is 44.5 Å². The molecule has 0 unspecified atom stereocenters. The Morgan fingerprint density at radius 1 is 1.11 bits per heavy atom. The van der Waals surface area contributed by atoms with Crippen LogP contribution in [0.15, 0.2) is 42.5 Å². The Kier molecular flexibility index (Phi) is 6.66. The summed E-state index contributed by atoms with van der Waals surface area (Å²) in [7, 11) is 0. The fraction of sp³-hybridized carbons (Fsp3) is 0.300. The van der Waals surface area contributed by atoms with Gasteiger partial charge >= 0.3 is 12.1 Å². The number of alkyl halides is 3. The van der Waals surface area contributed by atoms with Crippen LogP contribution in [0, 0.1) is 13.8 Å². The van der Waals surface area contributed by atoms with Crippen molar-refractivity contribution in [2.24, 2.45) is 0 Å². The molecule has 2 aromatic rings. The average Bonchev–Trinajstić information content (AvgIpc) is 2.60. The van der Waals surface area contributed by atoms with Crippen molar-refractivity contribution in [1.29, 1.82) is 0 Å². The molecule has 2 aromatic carbocycles. The summed E-state index contributed by atoms with van der Waals surface area (Å²) in [4.78, 5) is 24.0. The second kappa shape index (κ2) is 8.77. The van der Waals surface area contributed by atoms with E-state index in [0.717, 1.165) is 23.3 Å². The number of nitrogens with one attached hydrogen (secondary N) is 1. The zero-order chi connectivity index (χ0) is 20.9. The Morgan fingerprint density at radius 3 is 2.43 bits per heavy atom. The fourth-order valence-electron chi connectivity index (χ4n) is 2.46. The maximum absolute atomic E-state index is 13.0. The number of halogens is 3. The monoisotopic (exact) mass is 395 g/mol. The lowest BCUT2D eigenvalue weighted by Gasteiger charge is -2.17. The van der Waals surface area contributed by atoms with Gasteiger partial charge in [0, 0.05) is 0 Å². The van der Waals surface area contributed by atoms with Crippen LogP contribution in [0.3, 0.4) is 0 Å². The first-order valence-electron chi connectivity index (χ1n) is 8.44. The van der Waals surface area contributed by atoms with Crippen LogP contribution in [0.1, 0.15) is 23.6 Å². The molecular formula is C20H20F3NO4. The Balaban J connectivity index is 1.93. The van der Waals surface area contributed by atoms with Crippen molar-refractivity contribution in [3.05, 3.63) is 59.2 Å². The van der Waals surface area contributed by atoms with Gasteiger partial charge in [0.05, 0.1) is 11.3 Å². The lowest BCUT2D eigenvalue weighted by atomic mass is 10.1. The van der Waals surface area contributed by atoms with E-state index in [1.165, 1.54) is 19.1 Å². The van der Waals surface area contributed by atoms with Gasteiger partial charge in [0.2, 0.25) is 0 Å². The zero-order valence-electron chi connectivity index (χ0n) is 15.6. The summed E-state index contributed by atoms with van der Waals surface area (Å²) in [5, 5.41) is 2.13. The molecule has 1 atom stereocenters. The Hall–Kier alpha value is -3.03. The molecule has 1 N–H and O–H groups in total. The van der Waals surface area contributed by atoms with Gasteiger partial charge in [0.1, 0.15) is 5.75 Å². The van der Waals surface area contributed by atoms with Gasteiger partial charge in [0.15, 0.2) is 12.7 Å².